The normalized spacial score (nSPS) is 14.0. The summed E-state index contributed by atoms with van der Waals surface area (Å²) in [4.78, 5) is 35.1. The lowest BCUT2D eigenvalue weighted by molar-refractivity contribution is -0.176. The lowest BCUT2D eigenvalue weighted by Gasteiger charge is -2.26. The number of amides is 1. The molecule has 10 heteroatoms. The van der Waals surface area contributed by atoms with Crippen LogP contribution in [-0.4, -0.2) is 31.5 Å². The number of aromatic nitrogens is 1. The number of thiazole rings is 1. The van der Waals surface area contributed by atoms with Gasteiger partial charge >= 0.3 is 0 Å². The predicted octanol–water partition coefficient (Wildman–Crippen LogP) is 9.01. The smallest absolute Gasteiger partial charge is 0.276 e. The van der Waals surface area contributed by atoms with E-state index in [0.717, 1.165) is 78.1 Å². The molecule has 0 unspecified atom stereocenters. The Morgan fingerprint density at radius 1 is 0.796 bits per heavy atom. The van der Waals surface area contributed by atoms with Gasteiger partial charge in [-0.25, -0.2) is 9.82 Å². The molecule has 0 aliphatic carbocycles. The molecule has 0 bridgehead atoms. The van der Waals surface area contributed by atoms with Crippen molar-refractivity contribution >= 4 is 91.1 Å². The highest BCUT2D eigenvalue weighted by molar-refractivity contribution is 8.30. The molecule has 0 radical (unpaired) electrons. The van der Waals surface area contributed by atoms with Crippen LogP contribution >= 0.6 is 35.3 Å². The summed E-state index contributed by atoms with van der Waals surface area (Å²) >= 11 is 7.61. The Bertz CT molecular complexity index is 2520. The maximum absolute atomic E-state index is 13.6. The molecule has 0 atom stereocenters. The van der Waals surface area contributed by atoms with Gasteiger partial charge in [0.2, 0.25) is 5.88 Å². The van der Waals surface area contributed by atoms with Crippen LogP contribution in [0.4, 0.5) is 17.1 Å². The summed E-state index contributed by atoms with van der Waals surface area (Å²) in [5.74, 6) is -0.619. The van der Waals surface area contributed by atoms with E-state index in [1.807, 2.05) is 43.3 Å². The Morgan fingerprint density at radius 3 is 1.81 bits per heavy atom. The minimum Gasteiger partial charge on any atom is -0.322 e. The number of rotatable bonds is 10. The van der Waals surface area contributed by atoms with E-state index < -0.39 is 5.56 Å². The van der Waals surface area contributed by atoms with Gasteiger partial charge in [0.15, 0.2) is 0 Å². The van der Waals surface area contributed by atoms with Crippen LogP contribution in [-0.2, 0) is 9.68 Å². The minimum atomic E-state index is -0.474. The lowest BCUT2D eigenvalue weighted by atomic mass is 9.95. The third kappa shape index (κ3) is 7.50. The first kappa shape index (κ1) is 36.6. The molecule has 5 aromatic carbocycles. The number of thioether (sulfide) groups is 1. The number of nitrogens with zero attached hydrogens (tertiary/aromatic N) is 3. The molecule has 1 fully saturated rings. The van der Waals surface area contributed by atoms with Crippen molar-refractivity contribution in [2.24, 2.45) is 0 Å². The van der Waals surface area contributed by atoms with Crippen LogP contribution in [0.15, 0.2) is 145 Å². The topological polar surface area (TPSA) is 75.0 Å². The zero-order chi connectivity index (χ0) is 37.8. The molecule has 6 aromatic rings. The molecule has 0 spiro atoms. The van der Waals surface area contributed by atoms with Crippen molar-refractivity contribution in [3.8, 4) is 0 Å². The Morgan fingerprint density at radius 2 is 1.31 bits per heavy atom. The summed E-state index contributed by atoms with van der Waals surface area (Å²) in [6, 6.07) is 45.6. The molecule has 0 saturated carbocycles. The van der Waals surface area contributed by atoms with Crippen molar-refractivity contribution in [3.63, 3.8) is 0 Å². The number of anilines is 3. The zero-order valence-corrected chi connectivity index (χ0v) is 32.0. The first-order chi connectivity index (χ1) is 26.2. The van der Waals surface area contributed by atoms with Gasteiger partial charge < -0.3 is 9.79 Å². The minimum absolute atomic E-state index is 0.281. The molecule has 268 valence electrons. The van der Waals surface area contributed by atoms with E-state index in [1.54, 1.807) is 6.08 Å². The average Bonchev–Trinajstić information content (AvgIpc) is 3.68. The number of thiocarbonyl (C=S) groups is 1. The van der Waals surface area contributed by atoms with Crippen LogP contribution in [0.2, 0.25) is 0 Å². The monoisotopic (exact) mass is 765 g/mol. The lowest BCUT2D eigenvalue weighted by Crippen LogP contribution is -2.33. The van der Waals surface area contributed by atoms with Gasteiger partial charge in [-0.15, -0.1) is 11.3 Å². The van der Waals surface area contributed by atoms with E-state index in [9.17, 15) is 14.8 Å². The number of aryl methyl sites for hydroxylation is 1. The fraction of sp³-hybridized carbons (Fsp3) is 0.0682. The summed E-state index contributed by atoms with van der Waals surface area (Å²) in [6.07, 6.45) is 3.96. The largest absolute Gasteiger partial charge is 0.322 e. The Balaban J connectivity index is 1.26. The summed E-state index contributed by atoms with van der Waals surface area (Å²) in [6.45, 7) is 7.97. The Labute approximate surface area is 326 Å². The van der Waals surface area contributed by atoms with Crippen molar-refractivity contribution in [1.82, 2.24) is 9.47 Å². The highest BCUT2D eigenvalue weighted by Crippen LogP contribution is 2.36. The van der Waals surface area contributed by atoms with Gasteiger partial charge in [0.25, 0.3) is 11.5 Å². The molecule has 1 saturated heterocycles. The molecular weight excluding hydrogens is 731 g/mol. The summed E-state index contributed by atoms with van der Waals surface area (Å²) in [5, 5.41) is 9.42. The summed E-state index contributed by atoms with van der Waals surface area (Å²) in [5.41, 5.74) is 8.87. The van der Waals surface area contributed by atoms with E-state index in [1.165, 1.54) is 4.90 Å². The molecule has 2 heterocycles. The van der Waals surface area contributed by atoms with Gasteiger partial charge in [0, 0.05) is 23.6 Å². The van der Waals surface area contributed by atoms with Crippen LogP contribution in [0.25, 0.3) is 28.5 Å². The van der Waals surface area contributed by atoms with E-state index in [2.05, 4.69) is 126 Å². The van der Waals surface area contributed by atoms with Gasteiger partial charge in [-0.1, -0.05) is 127 Å². The van der Waals surface area contributed by atoms with Crippen molar-refractivity contribution < 1.29 is 14.9 Å². The second-order valence-electron chi connectivity index (χ2n) is 12.4. The van der Waals surface area contributed by atoms with Crippen molar-refractivity contribution in [2.75, 3.05) is 11.4 Å². The van der Waals surface area contributed by atoms with E-state index >= 15 is 0 Å². The average molecular weight is 766 g/mol. The van der Waals surface area contributed by atoms with Crippen LogP contribution in [0.3, 0.4) is 0 Å². The molecule has 1 amide bonds. The van der Waals surface area contributed by atoms with Crippen molar-refractivity contribution in [1.29, 1.82) is 0 Å². The number of hydrogen-bond donors (Lipinski definition) is 1. The number of hydrogen-bond acceptors (Lipinski definition) is 8. The van der Waals surface area contributed by atoms with Gasteiger partial charge in [-0.05, 0) is 96.8 Å². The van der Waals surface area contributed by atoms with Gasteiger partial charge in [-0.2, -0.15) is 0 Å². The molecule has 7 nitrogen and oxygen atoms in total. The molecule has 1 aromatic heterocycles. The van der Waals surface area contributed by atoms with E-state index in [0.29, 0.717) is 20.1 Å². The Hall–Kier alpha value is -5.78. The van der Waals surface area contributed by atoms with Gasteiger partial charge in [-0.3, -0.25) is 14.5 Å². The van der Waals surface area contributed by atoms with Crippen molar-refractivity contribution in [3.05, 3.63) is 187 Å². The van der Waals surface area contributed by atoms with E-state index in [4.69, 9.17) is 12.2 Å². The summed E-state index contributed by atoms with van der Waals surface area (Å²) < 4.78 is 2.13. The van der Waals surface area contributed by atoms with Crippen LogP contribution in [0.5, 0.6) is 0 Å². The number of carbonyl (C=O) groups is 1. The molecule has 1 aliphatic heterocycles. The molecule has 1 N–H and O–H groups in total. The van der Waals surface area contributed by atoms with Crippen LogP contribution in [0, 0.1) is 6.92 Å². The SMILES string of the molecule is C=C(OO)n1c(=C2SC(=S)N(CC)C2=O)sc(=Cc2ccc(N(c3ccc(C)cc3)c3ccc(C=C(c4ccccc4)c4ccccc4)cc3)cc2)c1=O. The van der Waals surface area contributed by atoms with Gasteiger partial charge in [0.1, 0.15) is 13.9 Å². The third-order valence-electron chi connectivity index (χ3n) is 8.91. The fourth-order valence-electron chi connectivity index (χ4n) is 6.17. The quantitative estimate of drug-likeness (QED) is 0.0491. The first-order valence-corrected chi connectivity index (χ1v) is 19.2. The third-order valence-corrected chi connectivity index (χ3v) is 11.6. The van der Waals surface area contributed by atoms with Crippen molar-refractivity contribution in [2.45, 2.75) is 13.8 Å². The highest BCUT2D eigenvalue weighted by atomic mass is 32.2. The van der Waals surface area contributed by atoms with Crippen LogP contribution in [0.1, 0.15) is 34.7 Å². The van der Waals surface area contributed by atoms with Crippen LogP contribution < -0.4 is 19.7 Å². The number of carbonyl (C=O) groups excluding carboxylic acids is 1. The molecule has 7 rings (SSSR count). The molecule has 1 aliphatic rings. The Kier molecular flexibility index (Phi) is 10.9. The fourth-order valence-corrected chi connectivity index (χ4v) is 8.79. The maximum Gasteiger partial charge on any atom is 0.276 e. The zero-order valence-electron chi connectivity index (χ0n) is 29.5. The van der Waals surface area contributed by atoms with E-state index in [-0.39, 0.29) is 16.7 Å². The second-order valence-corrected chi connectivity index (χ2v) is 15.1. The highest BCUT2D eigenvalue weighted by Gasteiger charge is 2.33. The molecule has 54 heavy (non-hydrogen) atoms. The number of benzene rings is 5. The second kappa shape index (κ2) is 16.1. The maximum atomic E-state index is 13.6. The summed E-state index contributed by atoms with van der Waals surface area (Å²) in [7, 11) is 0. The first-order valence-electron chi connectivity index (χ1n) is 17.2. The van der Waals surface area contributed by atoms with Gasteiger partial charge in [0.05, 0.1) is 4.53 Å². The molecular formula is C44H35N3O4S3. The standard InChI is InChI=1S/C44H35N3O4S3/c1-4-45-42(49)40(54-44(45)52)43-46(30(3)51-50)41(48)39(53-43)28-32-19-25-37(26-20-32)47(35-21-15-29(2)16-22-35)36-23-17-31(18-24-36)27-38(33-11-7-5-8-12-33)34-13-9-6-10-14-34/h5-28,50H,3-4H2,1-2H3. The predicted molar refractivity (Wildman–Crippen MR) is 227 cm³/mol.